The lowest BCUT2D eigenvalue weighted by atomic mass is 10.1. The van der Waals surface area contributed by atoms with Gasteiger partial charge in [-0.3, -0.25) is 4.79 Å². The molecule has 6 heteroatoms. The van der Waals surface area contributed by atoms with E-state index in [1.165, 1.54) is 29.6 Å². The average molecular weight is 313 g/mol. The number of aliphatic carboxylic acids is 1. The predicted molar refractivity (Wildman–Crippen MR) is 80.2 cm³/mol. The molecule has 0 bridgehead atoms. The summed E-state index contributed by atoms with van der Waals surface area (Å²) in [5.74, 6) is -1.67. The van der Waals surface area contributed by atoms with Crippen molar-refractivity contribution in [1.82, 2.24) is 0 Å². The fourth-order valence-corrected chi connectivity index (χ4v) is 3.12. The van der Waals surface area contributed by atoms with E-state index in [1.807, 2.05) is 0 Å². The molecular weight excluding hydrogens is 304 g/mol. The highest BCUT2D eigenvalue weighted by Gasteiger charge is 2.25. The molecular formula is C13H9ClO3S2. The zero-order chi connectivity index (χ0) is 13.8. The van der Waals surface area contributed by atoms with E-state index in [0.29, 0.717) is 9.26 Å². The molecule has 0 aliphatic carbocycles. The SMILES string of the molecule is O=C(O)C(C(=O)C=Cc1ccc(Cl)cc1)=C1SCS1. The van der Waals surface area contributed by atoms with E-state index in [4.69, 9.17) is 16.7 Å². The third-order valence-electron chi connectivity index (χ3n) is 2.34. The van der Waals surface area contributed by atoms with E-state index in [9.17, 15) is 9.59 Å². The van der Waals surface area contributed by atoms with Crippen LogP contribution in [0.15, 0.2) is 40.2 Å². The van der Waals surface area contributed by atoms with Gasteiger partial charge >= 0.3 is 5.97 Å². The number of ketones is 1. The van der Waals surface area contributed by atoms with Crippen LogP contribution in [-0.4, -0.2) is 21.9 Å². The number of carbonyl (C=O) groups is 2. The van der Waals surface area contributed by atoms with Gasteiger partial charge in [0, 0.05) is 10.1 Å². The monoisotopic (exact) mass is 312 g/mol. The largest absolute Gasteiger partial charge is 0.477 e. The maximum Gasteiger partial charge on any atom is 0.341 e. The topological polar surface area (TPSA) is 54.4 Å². The first-order chi connectivity index (χ1) is 9.08. The number of carboxylic acids is 1. The summed E-state index contributed by atoms with van der Waals surface area (Å²) >= 11 is 8.52. The maximum absolute atomic E-state index is 11.9. The number of benzene rings is 1. The van der Waals surface area contributed by atoms with Crippen LogP contribution in [0.5, 0.6) is 0 Å². The summed E-state index contributed by atoms with van der Waals surface area (Å²) in [5, 5.41) is 10.5. The summed E-state index contributed by atoms with van der Waals surface area (Å²) < 4.78 is 0.582. The van der Waals surface area contributed by atoms with Crippen LogP contribution < -0.4 is 0 Å². The highest BCUT2D eigenvalue weighted by molar-refractivity contribution is 8.37. The molecule has 0 amide bonds. The zero-order valence-electron chi connectivity index (χ0n) is 9.63. The first-order valence-corrected chi connectivity index (χ1v) is 7.64. The third kappa shape index (κ3) is 3.65. The second-order valence-electron chi connectivity index (χ2n) is 3.62. The Labute approximate surface area is 123 Å². The number of carboxylic acid groups (broad SMARTS) is 1. The van der Waals surface area contributed by atoms with Crippen molar-refractivity contribution in [3.63, 3.8) is 0 Å². The second-order valence-corrected chi connectivity index (χ2v) is 6.65. The van der Waals surface area contributed by atoms with E-state index in [2.05, 4.69) is 0 Å². The standard InChI is InChI=1S/C13H9ClO3S2/c14-9-4-1-8(2-5-9)3-6-10(15)11(12(16)17)13-18-7-19-13/h1-6H,7H2,(H,16,17). The van der Waals surface area contributed by atoms with Crippen molar-refractivity contribution < 1.29 is 14.7 Å². The Kier molecular flexibility index (Phi) is 4.74. The molecule has 0 unspecified atom stereocenters. The van der Waals surface area contributed by atoms with Gasteiger partial charge in [0.1, 0.15) is 5.57 Å². The number of thioether (sulfide) groups is 2. The van der Waals surface area contributed by atoms with E-state index in [0.717, 1.165) is 10.6 Å². The normalized spacial score (nSPS) is 14.3. The van der Waals surface area contributed by atoms with Crippen molar-refractivity contribution in [2.45, 2.75) is 0 Å². The van der Waals surface area contributed by atoms with Gasteiger partial charge in [-0.25, -0.2) is 4.79 Å². The van der Waals surface area contributed by atoms with Gasteiger partial charge in [-0.05, 0) is 23.8 Å². The van der Waals surface area contributed by atoms with Crippen molar-refractivity contribution in [2.75, 3.05) is 5.08 Å². The molecule has 1 aliphatic heterocycles. The number of halogens is 1. The van der Waals surface area contributed by atoms with Crippen molar-refractivity contribution >= 4 is 53.0 Å². The van der Waals surface area contributed by atoms with Gasteiger partial charge in [0.05, 0.1) is 4.24 Å². The van der Waals surface area contributed by atoms with Gasteiger partial charge < -0.3 is 5.11 Å². The Bertz CT molecular complexity index is 570. The summed E-state index contributed by atoms with van der Waals surface area (Å²) in [5.41, 5.74) is 0.646. The lowest BCUT2D eigenvalue weighted by Gasteiger charge is -2.16. The summed E-state index contributed by atoms with van der Waals surface area (Å²) in [7, 11) is 0. The minimum absolute atomic E-state index is 0.147. The van der Waals surface area contributed by atoms with Crippen LogP contribution in [0.1, 0.15) is 5.56 Å². The molecule has 2 rings (SSSR count). The molecule has 1 aromatic carbocycles. The van der Waals surface area contributed by atoms with E-state index < -0.39 is 11.8 Å². The molecule has 3 nitrogen and oxygen atoms in total. The fraction of sp³-hybridized carbons (Fsp3) is 0.0769. The molecule has 0 saturated carbocycles. The second kappa shape index (κ2) is 6.32. The van der Waals surface area contributed by atoms with Gasteiger partial charge in [-0.15, -0.1) is 23.5 Å². The van der Waals surface area contributed by atoms with Crippen LogP contribution in [0.2, 0.25) is 5.02 Å². The molecule has 1 fully saturated rings. The van der Waals surface area contributed by atoms with Crippen LogP contribution in [0, 0.1) is 0 Å². The summed E-state index contributed by atoms with van der Waals surface area (Å²) in [6.07, 6.45) is 2.86. The molecule has 0 aromatic heterocycles. The van der Waals surface area contributed by atoms with Crippen LogP contribution in [0.25, 0.3) is 6.08 Å². The minimum Gasteiger partial charge on any atom is -0.477 e. The predicted octanol–water partition coefficient (Wildman–Crippen LogP) is 3.66. The number of rotatable bonds is 4. The van der Waals surface area contributed by atoms with Crippen molar-refractivity contribution in [3.05, 3.63) is 50.7 Å². The fourth-order valence-electron chi connectivity index (χ4n) is 1.38. The summed E-state index contributed by atoms with van der Waals surface area (Å²) in [6.45, 7) is 0. The number of hydrogen-bond donors (Lipinski definition) is 1. The van der Waals surface area contributed by atoms with E-state index in [-0.39, 0.29) is 5.57 Å². The smallest absolute Gasteiger partial charge is 0.341 e. The van der Waals surface area contributed by atoms with Gasteiger partial charge in [0.25, 0.3) is 0 Å². The van der Waals surface area contributed by atoms with Gasteiger partial charge in [-0.1, -0.05) is 29.8 Å². The van der Waals surface area contributed by atoms with Crippen LogP contribution in [0.4, 0.5) is 0 Å². The van der Waals surface area contributed by atoms with Crippen molar-refractivity contribution in [1.29, 1.82) is 0 Å². The molecule has 1 saturated heterocycles. The highest BCUT2D eigenvalue weighted by Crippen LogP contribution is 2.45. The number of carbonyl (C=O) groups excluding carboxylic acids is 1. The van der Waals surface area contributed by atoms with Crippen LogP contribution in [0.3, 0.4) is 0 Å². The van der Waals surface area contributed by atoms with Gasteiger partial charge in [0.2, 0.25) is 0 Å². The number of hydrogen-bond acceptors (Lipinski definition) is 4. The molecule has 19 heavy (non-hydrogen) atoms. The molecule has 1 aliphatic rings. The molecule has 1 aromatic rings. The molecule has 1 heterocycles. The van der Waals surface area contributed by atoms with Crippen molar-refractivity contribution in [2.24, 2.45) is 0 Å². The molecule has 0 atom stereocenters. The number of allylic oxidation sites excluding steroid dienone is 1. The molecule has 0 radical (unpaired) electrons. The Morgan fingerprint density at radius 2 is 1.84 bits per heavy atom. The van der Waals surface area contributed by atoms with E-state index in [1.54, 1.807) is 30.3 Å². The lowest BCUT2D eigenvalue weighted by Crippen LogP contribution is -2.13. The first-order valence-electron chi connectivity index (χ1n) is 5.29. The quantitative estimate of drug-likeness (QED) is 0.522. The minimum atomic E-state index is -1.18. The summed E-state index contributed by atoms with van der Waals surface area (Å²) in [6, 6.07) is 6.93. The average Bonchev–Trinajstić information content (AvgIpc) is 2.32. The first kappa shape index (κ1) is 14.2. The van der Waals surface area contributed by atoms with Gasteiger partial charge in [-0.2, -0.15) is 0 Å². The van der Waals surface area contributed by atoms with E-state index >= 15 is 0 Å². The van der Waals surface area contributed by atoms with Crippen molar-refractivity contribution in [3.8, 4) is 0 Å². The molecule has 0 spiro atoms. The zero-order valence-corrected chi connectivity index (χ0v) is 12.0. The lowest BCUT2D eigenvalue weighted by molar-refractivity contribution is -0.134. The Morgan fingerprint density at radius 3 is 2.32 bits per heavy atom. The Balaban J connectivity index is 2.16. The highest BCUT2D eigenvalue weighted by atomic mass is 35.5. The molecule has 1 N–H and O–H groups in total. The van der Waals surface area contributed by atoms with Crippen LogP contribution in [-0.2, 0) is 9.59 Å². The Morgan fingerprint density at radius 1 is 1.21 bits per heavy atom. The Hall–Kier alpha value is -1.17. The third-order valence-corrected chi connectivity index (χ3v) is 5.18. The molecule has 98 valence electrons. The summed E-state index contributed by atoms with van der Waals surface area (Å²) in [4.78, 5) is 23.0. The van der Waals surface area contributed by atoms with Gasteiger partial charge in [0.15, 0.2) is 5.78 Å². The maximum atomic E-state index is 11.9. The van der Waals surface area contributed by atoms with Crippen LogP contribution >= 0.6 is 35.1 Å².